The summed E-state index contributed by atoms with van der Waals surface area (Å²) in [4.78, 5) is 13.8. The van der Waals surface area contributed by atoms with Crippen molar-refractivity contribution < 1.29 is 19.0 Å². The van der Waals surface area contributed by atoms with Crippen molar-refractivity contribution in [2.24, 2.45) is 0 Å². The van der Waals surface area contributed by atoms with Crippen LogP contribution in [0.15, 0.2) is 12.0 Å². The molecule has 1 saturated heterocycles. The highest BCUT2D eigenvalue weighted by atomic mass is 16.7. The quantitative estimate of drug-likeness (QED) is 0.759. The van der Waals surface area contributed by atoms with Crippen molar-refractivity contribution in [2.75, 3.05) is 26.4 Å². The number of nitrogens with one attached hydrogen (secondary N) is 1. The fourth-order valence-electron chi connectivity index (χ4n) is 1.92. The molecule has 1 atom stereocenters. The minimum absolute atomic E-state index is 0.156. The van der Waals surface area contributed by atoms with E-state index in [1.807, 2.05) is 20.8 Å². The third kappa shape index (κ3) is 3.07. The molecule has 0 bridgehead atoms. The molecule has 6 nitrogen and oxygen atoms in total. The van der Waals surface area contributed by atoms with Crippen molar-refractivity contribution in [3.63, 3.8) is 0 Å². The fourth-order valence-corrected chi connectivity index (χ4v) is 1.92. The molecule has 2 rings (SSSR count). The van der Waals surface area contributed by atoms with Crippen LogP contribution in [0.2, 0.25) is 0 Å². The molecule has 0 radical (unpaired) electrons. The molecule has 0 aromatic carbocycles. The zero-order valence-electron chi connectivity index (χ0n) is 11.1. The molecular weight excluding hydrogens is 236 g/mol. The molecular formula is C12H20N2O4. The van der Waals surface area contributed by atoms with Crippen molar-refractivity contribution in [3.8, 4) is 0 Å². The van der Waals surface area contributed by atoms with Crippen LogP contribution in [0.3, 0.4) is 0 Å². The molecule has 18 heavy (non-hydrogen) atoms. The van der Waals surface area contributed by atoms with Gasteiger partial charge in [0.05, 0.1) is 0 Å². The lowest BCUT2D eigenvalue weighted by Crippen LogP contribution is -2.55. The molecule has 1 unspecified atom stereocenters. The van der Waals surface area contributed by atoms with E-state index in [0.29, 0.717) is 18.8 Å². The maximum absolute atomic E-state index is 12.1. The van der Waals surface area contributed by atoms with E-state index in [9.17, 15) is 4.79 Å². The number of hydrogen-bond donors (Lipinski definition) is 1. The Labute approximate surface area is 107 Å². The van der Waals surface area contributed by atoms with Crippen LogP contribution in [0, 0.1) is 0 Å². The van der Waals surface area contributed by atoms with Gasteiger partial charge in [-0.2, -0.15) is 0 Å². The SMILES string of the molecule is CC(C)(C)OC(=O)N1CCNCC1C1=COCO1. The van der Waals surface area contributed by atoms with Crippen LogP contribution >= 0.6 is 0 Å². The Morgan fingerprint density at radius 3 is 2.94 bits per heavy atom. The second-order valence-corrected chi connectivity index (χ2v) is 5.34. The Kier molecular flexibility index (Phi) is 3.65. The van der Waals surface area contributed by atoms with Gasteiger partial charge in [-0.05, 0) is 20.8 Å². The van der Waals surface area contributed by atoms with Gasteiger partial charge in [0.15, 0.2) is 5.76 Å². The summed E-state index contributed by atoms with van der Waals surface area (Å²) in [5.41, 5.74) is -0.492. The first-order valence-corrected chi connectivity index (χ1v) is 6.12. The smallest absolute Gasteiger partial charge is 0.411 e. The summed E-state index contributed by atoms with van der Waals surface area (Å²) < 4.78 is 15.8. The lowest BCUT2D eigenvalue weighted by Gasteiger charge is -2.36. The van der Waals surface area contributed by atoms with Gasteiger partial charge >= 0.3 is 6.09 Å². The Bertz CT molecular complexity index is 348. The van der Waals surface area contributed by atoms with Crippen molar-refractivity contribution in [2.45, 2.75) is 32.4 Å². The maximum atomic E-state index is 12.1. The maximum Gasteiger partial charge on any atom is 0.411 e. The number of rotatable bonds is 1. The molecule has 0 saturated carbocycles. The summed E-state index contributed by atoms with van der Waals surface area (Å²) in [5, 5.41) is 3.23. The van der Waals surface area contributed by atoms with Gasteiger partial charge in [-0.1, -0.05) is 0 Å². The van der Waals surface area contributed by atoms with E-state index in [1.54, 1.807) is 11.2 Å². The highest BCUT2D eigenvalue weighted by Gasteiger charge is 2.34. The minimum Gasteiger partial charge on any atom is -0.462 e. The van der Waals surface area contributed by atoms with Crippen molar-refractivity contribution in [1.29, 1.82) is 0 Å². The first-order valence-electron chi connectivity index (χ1n) is 6.12. The average molecular weight is 256 g/mol. The van der Waals surface area contributed by atoms with Crippen LogP contribution in [0.1, 0.15) is 20.8 Å². The lowest BCUT2D eigenvalue weighted by molar-refractivity contribution is 0.00559. The van der Waals surface area contributed by atoms with Crippen LogP contribution < -0.4 is 5.32 Å². The van der Waals surface area contributed by atoms with E-state index < -0.39 is 5.60 Å². The molecule has 102 valence electrons. The second-order valence-electron chi connectivity index (χ2n) is 5.34. The number of amides is 1. The highest BCUT2D eigenvalue weighted by Crippen LogP contribution is 2.20. The van der Waals surface area contributed by atoms with Gasteiger partial charge in [0.1, 0.15) is 17.9 Å². The van der Waals surface area contributed by atoms with Gasteiger partial charge in [-0.25, -0.2) is 4.79 Å². The van der Waals surface area contributed by atoms with Crippen LogP contribution in [0.5, 0.6) is 0 Å². The Morgan fingerprint density at radius 1 is 1.56 bits per heavy atom. The number of piperazine rings is 1. The highest BCUT2D eigenvalue weighted by molar-refractivity contribution is 5.69. The van der Waals surface area contributed by atoms with E-state index in [2.05, 4.69) is 5.32 Å². The topological polar surface area (TPSA) is 60.0 Å². The van der Waals surface area contributed by atoms with E-state index in [0.717, 1.165) is 6.54 Å². The summed E-state index contributed by atoms with van der Waals surface area (Å²) in [6, 6.07) is -0.156. The van der Waals surface area contributed by atoms with E-state index in [4.69, 9.17) is 14.2 Å². The standard InChI is InChI=1S/C12H20N2O4/c1-12(2,3)18-11(15)14-5-4-13-6-9(14)10-7-16-8-17-10/h7,9,13H,4-6,8H2,1-3H3. The average Bonchev–Trinajstić information content (AvgIpc) is 2.80. The van der Waals surface area contributed by atoms with Crippen LogP contribution in [-0.2, 0) is 14.2 Å². The van der Waals surface area contributed by atoms with E-state index >= 15 is 0 Å². The van der Waals surface area contributed by atoms with E-state index in [1.165, 1.54) is 0 Å². The third-order valence-corrected chi connectivity index (χ3v) is 2.69. The molecule has 2 aliphatic rings. The number of nitrogens with zero attached hydrogens (tertiary/aromatic N) is 1. The van der Waals surface area contributed by atoms with Gasteiger partial charge in [0, 0.05) is 19.6 Å². The van der Waals surface area contributed by atoms with Gasteiger partial charge < -0.3 is 19.5 Å². The summed E-state index contributed by atoms with van der Waals surface area (Å²) in [6.45, 7) is 7.79. The van der Waals surface area contributed by atoms with Gasteiger partial charge in [-0.15, -0.1) is 0 Å². The van der Waals surface area contributed by atoms with Gasteiger partial charge in [0.25, 0.3) is 0 Å². The molecule has 2 heterocycles. The summed E-state index contributed by atoms with van der Waals surface area (Å²) in [7, 11) is 0. The van der Waals surface area contributed by atoms with Gasteiger partial charge in [0.2, 0.25) is 6.79 Å². The number of ether oxygens (including phenoxy) is 3. The minimum atomic E-state index is -0.492. The molecule has 0 spiro atoms. The molecule has 6 heteroatoms. The molecule has 1 fully saturated rings. The van der Waals surface area contributed by atoms with E-state index in [-0.39, 0.29) is 18.9 Å². The normalized spacial score (nSPS) is 24.1. The molecule has 0 aromatic rings. The summed E-state index contributed by atoms with van der Waals surface area (Å²) in [5.74, 6) is 0.674. The monoisotopic (exact) mass is 256 g/mol. The van der Waals surface area contributed by atoms with Crippen molar-refractivity contribution in [1.82, 2.24) is 10.2 Å². The van der Waals surface area contributed by atoms with Crippen molar-refractivity contribution >= 4 is 6.09 Å². The molecule has 2 aliphatic heterocycles. The Hall–Kier alpha value is -1.43. The van der Waals surface area contributed by atoms with Crippen LogP contribution in [0.4, 0.5) is 4.79 Å². The lowest BCUT2D eigenvalue weighted by atomic mass is 10.1. The zero-order chi connectivity index (χ0) is 13.2. The summed E-state index contributed by atoms with van der Waals surface area (Å²) in [6.07, 6.45) is 1.25. The van der Waals surface area contributed by atoms with Crippen LogP contribution in [-0.4, -0.2) is 49.1 Å². The molecule has 1 amide bonds. The second kappa shape index (κ2) is 5.06. The number of hydrogen-bond acceptors (Lipinski definition) is 5. The number of carbonyl (C=O) groups is 1. The number of carbonyl (C=O) groups excluding carboxylic acids is 1. The largest absolute Gasteiger partial charge is 0.462 e. The predicted molar refractivity (Wildman–Crippen MR) is 64.7 cm³/mol. The molecule has 0 aromatic heterocycles. The van der Waals surface area contributed by atoms with Crippen molar-refractivity contribution in [3.05, 3.63) is 12.0 Å². The van der Waals surface area contributed by atoms with Gasteiger partial charge in [-0.3, -0.25) is 4.90 Å². The Morgan fingerprint density at radius 2 is 2.33 bits per heavy atom. The summed E-state index contributed by atoms with van der Waals surface area (Å²) >= 11 is 0. The molecule has 1 N–H and O–H groups in total. The Balaban J connectivity index is 2.05. The first kappa shape index (κ1) is 13.0. The third-order valence-electron chi connectivity index (χ3n) is 2.69. The molecule has 0 aliphatic carbocycles. The fraction of sp³-hybridized carbons (Fsp3) is 0.750. The predicted octanol–water partition coefficient (Wildman–Crippen LogP) is 1.04. The first-order chi connectivity index (χ1) is 8.47. The zero-order valence-corrected chi connectivity index (χ0v) is 11.1. The van der Waals surface area contributed by atoms with Crippen LogP contribution in [0.25, 0.3) is 0 Å².